The van der Waals surface area contributed by atoms with Crippen LogP contribution in [-0.2, 0) is 16.3 Å². The highest BCUT2D eigenvalue weighted by Gasteiger charge is 2.27. The summed E-state index contributed by atoms with van der Waals surface area (Å²) in [5.41, 5.74) is 1.24. The Hall–Kier alpha value is -1.54. The standard InChI is InChI=1S/C20H29NO3S/c1-16(2)25(22,23)15-19-10-7-17(8-11-19)6-9-18-4-3-5-20(14-18)24-13-12-21/h3-5,14,16-17,19H,6-11,13,15H2,1-2H3. The third-order valence-electron chi connectivity index (χ3n) is 5.20. The van der Waals surface area contributed by atoms with Crippen molar-refractivity contribution in [2.45, 2.75) is 57.6 Å². The lowest BCUT2D eigenvalue weighted by Gasteiger charge is -2.28. The van der Waals surface area contributed by atoms with E-state index in [2.05, 4.69) is 6.07 Å². The molecule has 1 saturated carbocycles. The number of hydrogen-bond donors (Lipinski definition) is 0. The molecule has 2 rings (SSSR count). The van der Waals surface area contributed by atoms with Crippen molar-refractivity contribution in [2.24, 2.45) is 11.8 Å². The van der Waals surface area contributed by atoms with Crippen molar-refractivity contribution in [3.63, 3.8) is 0 Å². The first kappa shape index (κ1) is 19.8. The summed E-state index contributed by atoms with van der Waals surface area (Å²) in [6.45, 7) is 3.62. The Labute approximate surface area is 152 Å². The summed E-state index contributed by atoms with van der Waals surface area (Å²) in [5.74, 6) is 2.13. The van der Waals surface area contributed by atoms with Gasteiger partial charge in [-0.3, -0.25) is 0 Å². The molecule has 0 amide bonds. The molecule has 1 aliphatic rings. The molecular formula is C20H29NO3S. The van der Waals surface area contributed by atoms with Crippen molar-refractivity contribution < 1.29 is 13.2 Å². The first-order chi connectivity index (χ1) is 11.9. The molecular weight excluding hydrogens is 334 g/mol. The average molecular weight is 364 g/mol. The van der Waals surface area contributed by atoms with E-state index in [1.54, 1.807) is 13.8 Å². The van der Waals surface area contributed by atoms with Crippen LogP contribution in [0.25, 0.3) is 0 Å². The van der Waals surface area contributed by atoms with Crippen LogP contribution in [0.1, 0.15) is 51.5 Å². The fourth-order valence-corrected chi connectivity index (χ4v) is 4.86. The molecule has 0 N–H and O–H groups in total. The van der Waals surface area contributed by atoms with E-state index in [1.807, 2.05) is 24.3 Å². The zero-order chi connectivity index (χ0) is 18.3. The van der Waals surface area contributed by atoms with Crippen molar-refractivity contribution >= 4 is 9.84 Å². The van der Waals surface area contributed by atoms with Crippen molar-refractivity contribution in [1.29, 1.82) is 5.26 Å². The van der Waals surface area contributed by atoms with Gasteiger partial charge in [-0.15, -0.1) is 0 Å². The molecule has 1 fully saturated rings. The number of sulfone groups is 1. The van der Waals surface area contributed by atoms with Gasteiger partial charge in [0.1, 0.15) is 11.8 Å². The summed E-state index contributed by atoms with van der Waals surface area (Å²) in [5, 5.41) is 8.32. The summed E-state index contributed by atoms with van der Waals surface area (Å²) < 4.78 is 29.5. The van der Waals surface area contributed by atoms with E-state index < -0.39 is 9.84 Å². The predicted molar refractivity (Wildman–Crippen MR) is 100 cm³/mol. The van der Waals surface area contributed by atoms with Crippen molar-refractivity contribution in [2.75, 3.05) is 12.4 Å². The van der Waals surface area contributed by atoms with Crippen LogP contribution in [0.4, 0.5) is 0 Å². The molecule has 4 nitrogen and oxygen atoms in total. The molecule has 0 aliphatic heterocycles. The van der Waals surface area contributed by atoms with Crippen LogP contribution in [0, 0.1) is 23.2 Å². The fourth-order valence-electron chi connectivity index (χ4n) is 3.48. The number of rotatable bonds is 8. The van der Waals surface area contributed by atoms with Gasteiger partial charge in [0, 0.05) is 0 Å². The highest BCUT2D eigenvalue weighted by atomic mass is 32.2. The van der Waals surface area contributed by atoms with Gasteiger partial charge in [-0.05, 0) is 69.1 Å². The molecule has 5 heteroatoms. The van der Waals surface area contributed by atoms with Gasteiger partial charge in [-0.25, -0.2) is 8.42 Å². The minimum atomic E-state index is -2.92. The quantitative estimate of drug-likeness (QED) is 0.696. The number of nitriles is 1. The van der Waals surface area contributed by atoms with Gasteiger partial charge in [-0.2, -0.15) is 5.26 Å². The first-order valence-corrected chi connectivity index (χ1v) is 10.9. The maximum Gasteiger partial charge on any atom is 0.174 e. The smallest absolute Gasteiger partial charge is 0.174 e. The minimum absolute atomic E-state index is 0.0761. The number of ether oxygens (including phenoxy) is 1. The van der Waals surface area contributed by atoms with E-state index in [0.29, 0.717) is 17.6 Å². The van der Waals surface area contributed by atoms with Gasteiger partial charge in [0.2, 0.25) is 0 Å². The van der Waals surface area contributed by atoms with Crippen LogP contribution < -0.4 is 4.74 Å². The SMILES string of the molecule is CC(C)S(=O)(=O)CC1CCC(CCc2cccc(OCC#N)c2)CC1. The van der Waals surface area contributed by atoms with Crippen LogP contribution in [0.15, 0.2) is 24.3 Å². The molecule has 0 aromatic heterocycles. The van der Waals surface area contributed by atoms with E-state index >= 15 is 0 Å². The molecule has 0 radical (unpaired) electrons. The van der Waals surface area contributed by atoms with Gasteiger partial charge in [0.05, 0.1) is 11.0 Å². The van der Waals surface area contributed by atoms with E-state index in [0.717, 1.165) is 44.3 Å². The average Bonchev–Trinajstić information content (AvgIpc) is 2.59. The fraction of sp³-hybridized carbons (Fsp3) is 0.650. The topological polar surface area (TPSA) is 67.2 Å². The summed E-state index contributed by atoms with van der Waals surface area (Å²) in [6, 6.07) is 9.93. The molecule has 0 spiro atoms. The Balaban J connectivity index is 1.76. The summed E-state index contributed by atoms with van der Waals surface area (Å²) >= 11 is 0. The third kappa shape index (κ3) is 6.36. The van der Waals surface area contributed by atoms with Gasteiger partial charge < -0.3 is 4.74 Å². The second-order valence-corrected chi connectivity index (χ2v) is 10.00. The second-order valence-electron chi connectivity index (χ2n) is 7.40. The van der Waals surface area contributed by atoms with Crippen LogP contribution in [0.5, 0.6) is 5.75 Å². The molecule has 1 aliphatic carbocycles. The Morgan fingerprint density at radius 2 is 1.88 bits per heavy atom. The molecule has 0 unspecified atom stereocenters. The lowest BCUT2D eigenvalue weighted by molar-refractivity contribution is 0.278. The van der Waals surface area contributed by atoms with E-state index in [-0.39, 0.29) is 11.9 Å². The Morgan fingerprint density at radius 1 is 1.20 bits per heavy atom. The van der Waals surface area contributed by atoms with Crippen LogP contribution in [-0.4, -0.2) is 26.0 Å². The molecule has 0 heterocycles. The molecule has 138 valence electrons. The van der Waals surface area contributed by atoms with Gasteiger partial charge in [0.15, 0.2) is 16.4 Å². The maximum absolute atomic E-state index is 12.1. The molecule has 0 saturated heterocycles. The van der Waals surface area contributed by atoms with E-state index in [4.69, 9.17) is 10.00 Å². The van der Waals surface area contributed by atoms with Crippen LogP contribution in [0.2, 0.25) is 0 Å². The van der Waals surface area contributed by atoms with E-state index in [1.165, 1.54) is 5.56 Å². The van der Waals surface area contributed by atoms with Gasteiger partial charge in [-0.1, -0.05) is 25.0 Å². The number of benzene rings is 1. The van der Waals surface area contributed by atoms with Gasteiger partial charge in [0.25, 0.3) is 0 Å². The zero-order valence-electron chi connectivity index (χ0n) is 15.3. The third-order valence-corrected chi connectivity index (χ3v) is 7.57. The maximum atomic E-state index is 12.1. The highest BCUT2D eigenvalue weighted by Crippen LogP contribution is 2.33. The van der Waals surface area contributed by atoms with Crippen LogP contribution >= 0.6 is 0 Å². The normalized spacial score (nSPS) is 21.0. The largest absolute Gasteiger partial charge is 0.479 e. The van der Waals surface area contributed by atoms with Crippen molar-refractivity contribution in [1.82, 2.24) is 0 Å². The first-order valence-electron chi connectivity index (χ1n) is 9.21. The van der Waals surface area contributed by atoms with E-state index in [9.17, 15) is 8.42 Å². The monoisotopic (exact) mass is 363 g/mol. The summed E-state index contributed by atoms with van der Waals surface area (Å²) in [7, 11) is -2.92. The van der Waals surface area contributed by atoms with Gasteiger partial charge >= 0.3 is 0 Å². The summed E-state index contributed by atoms with van der Waals surface area (Å²) in [6.07, 6.45) is 6.45. The van der Waals surface area contributed by atoms with Crippen molar-refractivity contribution in [3.8, 4) is 11.8 Å². The summed E-state index contributed by atoms with van der Waals surface area (Å²) in [4.78, 5) is 0. The lowest BCUT2D eigenvalue weighted by Crippen LogP contribution is -2.26. The Kier molecular flexibility index (Phi) is 7.31. The zero-order valence-corrected chi connectivity index (χ0v) is 16.1. The molecule has 1 aromatic carbocycles. The van der Waals surface area contributed by atoms with Crippen LogP contribution in [0.3, 0.4) is 0 Å². The molecule has 0 atom stereocenters. The lowest BCUT2D eigenvalue weighted by atomic mass is 9.80. The highest BCUT2D eigenvalue weighted by molar-refractivity contribution is 7.91. The Morgan fingerprint density at radius 3 is 2.52 bits per heavy atom. The predicted octanol–water partition coefficient (Wildman–Crippen LogP) is 4.15. The number of aryl methyl sites for hydroxylation is 1. The van der Waals surface area contributed by atoms with Crippen molar-refractivity contribution in [3.05, 3.63) is 29.8 Å². The number of nitrogens with zero attached hydrogens (tertiary/aromatic N) is 1. The molecule has 1 aromatic rings. The minimum Gasteiger partial charge on any atom is -0.479 e. The second kappa shape index (κ2) is 9.24. The molecule has 25 heavy (non-hydrogen) atoms. The number of hydrogen-bond acceptors (Lipinski definition) is 4. The molecule has 0 bridgehead atoms. The Bertz CT molecular complexity index is 683.